The summed E-state index contributed by atoms with van der Waals surface area (Å²) >= 11 is 0. The largest absolute Gasteiger partial charge is 0.490 e. The van der Waals surface area contributed by atoms with Gasteiger partial charge in [-0.1, -0.05) is 6.07 Å². The van der Waals surface area contributed by atoms with Crippen LogP contribution < -0.4 is 20.9 Å². The number of aliphatic carboxylic acids is 2. The van der Waals surface area contributed by atoms with E-state index in [1.54, 1.807) is 18.2 Å². The monoisotopic (exact) mass is 599 g/mol. The molecule has 2 amide bonds. The van der Waals surface area contributed by atoms with Gasteiger partial charge in [0, 0.05) is 43.5 Å². The summed E-state index contributed by atoms with van der Waals surface area (Å²) in [6.45, 7) is 1.63. The third-order valence-corrected chi connectivity index (χ3v) is 6.04. The highest BCUT2D eigenvalue weighted by Gasteiger charge is 2.38. The molecule has 2 aliphatic heterocycles. The second-order valence-electron chi connectivity index (χ2n) is 9.26. The zero-order valence-electron chi connectivity index (χ0n) is 21.8. The van der Waals surface area contributed by atoms with Crippen LogP contribution in [0.3, 0.4) is 0 Å². The van der Waals surface area contributed by atoms with Gasteiger partial charge in [0.2, 0.25) is 11.8 Å². The van der Waals surface area contributed by atoms with Crippen molar-refractivity contribution in [2.45, 2.75) is 31.5 Å². The van der Waals surface area contributed by atoms with Crippen LogP contribution in [0.25, 0.3) is 0 Å². The molecule has 2 atom stereocenters. The number of rotatable bonds is 7. The fourth-order valence-electron chi connectivity index (χ4n) is 4.13. The molecule has 2 aliphatic rings. The highest BCUT2D eigenvalue weighted by atomic mass is 19.4. The van der Waals surface area contributed by atoms with Gasteiger partial charge in [0.15, 0.2) is 5.96 Å². The average Bonchev–Trinajstić information content (AvgIpc) is 3.30. The summed E-state index contributed by atoms with van der Waals surface area (Å²) in [6, 6.07) is 8.62. The van der Waals surface area contributed by atoms with Crippen LogP contribution >= 0.6 is 0 Å². The van der Waals surface area contributed by atoms with E-state index in [1.807, 2.05) is 6.07 Å². The Morgan fingerprint density at radius 3 is 2.33 bits per heavy atom. The molecule has 2 aromatic rings. The Bertz CT molecular complexity index is 1350. The number of carboxylic acid groups (broad SMARTS) is 2. The lowest BCUT2D eigenvalue weighted by molar-refractivity contribution is -0.192. The molecule has 226 valence electrons. The van der Waals surface area contributed by atoms with Crippen LogP contribution in [0, 0.1) is 17.6 Å². The van der Waals surface area contributed by atoms with Crippen molar-refractivity contribution in [1.29, 1.82) is 0 Å². The van der Waals surface area contributed by atoms with E-state index in [0.717, 1.165) is 37.3 Å². The molecular weight excluding hydrogens is 573 g/mol. The number of guanidine groups is 1. The molecule has 0 aromatic heterocycles. The number of nitrogens with one attached hydrogen (secondary N) is 3. The lowest BCUT2D eigenvalue weighted by Gasteiger charge is -2.21. The first-order valence-electron chi connectivity index (χ1n) is 12.5. The molecule has 0 radical (unpaired) electrons. The van der Waals surface area contributed by atoms with E-state index in [0.29, 0.717) is 17.7 Å². The Morgan fingerprint density at radius 1 is 1.10 bits per heavy atom. The molecule has 1 saturated heterocycles. The van der Waals surface area contributed by atoms with Crippen LogP contribution in [0.1, 0.15) is 30.9 Å². The first kappa shape index (κ1) is 31.8. The first-order chi connectivity index (χ1) is 19.7. The summed E-state index contributed by atoms with van der Waals surface area (Å²) in [5.41, 5.74) is 1.32. The molecule has 16 heteroatoms. The number of alkyl halides is 3. The van der Waals surface area contributed by atoms with Crippen LogP contribution in [-0.2, 0) is 19.2 Å². The third-order valence-electron chi connectivity index (χ3n) is 6.04. The molecule has 5 N–H and O–H groups in total. The fourth-order valence-corrected chi connectivity index (χ4v) is 4.13. The molecule has 2 unspecified atom stereocenters. The second-order valence-corrected chi connectivity index (χ2v) is 9.26. The Balaban J connectivity index is 0.000000616. The van der Waals surface area contributed by atoms with E-state index in [-0.39, 0.29) is 24.4 Å². The number of carbonyl (C=O) groups is 4. The van der Waals surface area contributed by atoms with Gasteiger partial charge in [-0.3, -0.25) is 19.4 Å². The number of halogens is 5. The lowest BCUT2D eigenvalue weighted by atomic mass is 10.0. The molecule has 2 heterocycles. The van der Waals surface area contributed by atoms with Crippen molar-refractivity contribution < 1.29 is 51.3 Å². The van der Waals surface area contributed by atoms with Crippen LogP contribution in [0.5, 0.6) is 0 Å². The molecule has 0 spiro atoms. The van der Waals surface area contributed by atoms with Gasteiger partial charge >= 0.3 is 18.1 Å². The zero-order valence-corrected chi connectivity index (χ0v) is 21.8. The molecular formula is C26H26F5N5O6. The molecule has 42 heavy (non-hydrogen) atoms. The van der Waals surface area contributed by atoms with Crippen LogP contribution in [-0.4, -0.2) is 65.7 Å². The van der Waals surface area contributed by atoms with E-state index >= 15 is 0 Å². The van der Waals surface area contributed by atoms with Gasteiger partial charge in [-0.15, -0.1) is 0 Å². The summed E-state index contributed by atoms with van der Waals surface area (Å²) in [5.74, 6) is -6.69. The van der Waals surface area contributed by atoms with Gasteiger partial charge in [0.05, 0.1) is 18.4 Å². The number of hydrogen-bond acceptors (Lipinski definition) is 7. The first-order valence-corrected chi connectivity index (χ1v) is 12.5. The predicted molar refractivity (Wildman–Crippen MR) is 139 cm³/mol. The lowest BCUT2D eigenvalue weighted by Crippen LogP contribution is -2.36. The average molecular weight is 600 g/mol. The summed E-state index contributed by atoms with van der Waals surface area (Å²) < 4.78 is 59.1. The quantitative estimate of drug-likeness (QED) is 0.304. The topological polar surface area (TPSA) is 160 Å². The Hall–Kier alpha value is -4.76. The number of benzene rings is 2. The molecule has 1 fully saturated rings. The number of carboxylic acids is 2. The summed E-state index contributed by atoms with van der Waals surface area (Å²) in [6.07, 6.45) is -4.77. The van der Waals surface area contributed by atoms with Crippen molar-refractivity contribution in [2.24, 2.45) is 10.9 Å². The van der Waals surface area contributed by atoms with E-state index in [2.05, 4.69) is 20.9 Å². The zero-order chi connectivity index (χ0) is 31.0. The predicted octanol–water partition coefficient (Wildman–Crippen LogP) is 3.04. The Morgan fingerprint density at radius 2 is 1.76 bits per heavy atom. The maximum absolute atomic E-state index is 13.7. The number of aliphatic imine (C=N–C) groups is 1. The minimum absolute atomic E-state index is 0.00237. The van der Waals surface area contributed by atoms with E-state index in [9.17, 15) is 41.4 Å². The van der Waals surface area contributed by atoms with Gasteiger partial charge in [-0.2, -0.15) is 13.2 Å². The van der Waals surface area contributed by atoms with Gasteiger partial charge in [0.1, 0.15) is 11.6 Å². The second kappa shape index (κ2) is 13.7. The summed E-state index contributed by atoms with van der Waals surface area (Å²) in [7, 11) is 0. The van der Waals surface area contributed by atoms with Crippen molar-refractivity contribution in [3.8, 4) is 0 Å². The smallest absolute Gasteiger partial charge is 0.481 e. The standard InChI is InChI=1S/C24H25F2N5O4.C2HF3O2/c25-16-7-14(8-17(26)10-16)20(12-22(33)34)30-23(35)15-9-21(32)31(13-15)19-4-1-3-18(11-19)29-24-27-5-2-6-28-24;3-2(4,5)1(6)7/h1,3-4,7-8,10-11,15,20H,2,5-6,9,12-13H2,(H,30,35)(H,33,34)(H2,27,28,29);(H,6,7). The molecule has 0 bridgehead atoms. The minimum atomic E-state index is -5.08. The summed E-state index contributed by atoms with van der Waals surface area (Å²) in [5, 5.41) is 25.2. The van der Waals surface area contributed by atoms with Crippen LogP contribution in [0.15, 0.2) is 47.5 Å². The molecule has 4 rings (SSSR count). The fraction of sp³-hybridized carbons (Fsp3) is 0.346. The van der Waals surface area contributed by atoms with E-state index in [1.165, 1.54) is 4.90 Å². The minimum Gasteiger partial charge on any atom is -0.481 e. The van der Waals surface area contributed by atoms with Crippen LogP contribution in [0.4, 0.5) is 33.3 Å². The number of anilines is 2. The van der Waals surface area contributed by atoms with Crippen molar-refractivity contribution in [3.63, 3.8) is 0 Å². The summed E-state index contributed by atoms with van der Waals surface area (Å²) in [4.78, 5) is 51.7. The molecule has 0 saturated carbocycles. The maximum atomic E-state index is 13.7. The molecule has 0 aliphatic carbocycles. The van der Waals surface area contributed by atoms with E-state index in [4.69, 9.17) is 9.90 Å². The maximum Gasteiger partial charge on any atom is 0.490 e. The highest BCUT2D eigenvalue weighted by Crippen LogP contribution is 2.28. The van der Waals surface area contributed by atoms with Crippen molar-refractivity contribution in [3.05, 3.63) is 59.7 Å². The third kappa shape index (κ3) is 9.14. The number of nitrogens with zero attached hydrogens (tertiary/aromatic N) is 2. The normalized spacial score (nSPS) is 17.3. The van der Waals surface area contributed by atoms with Crippen LogP contribution in [0.2, 0.25) is 0 Å². The molecule has 11 nitrogen and oxygen atoms in total. The van der Waals surface area contributed by atoms with E-state index < -0.39 is 54.0 Å². The van der Waals surface area contributed by atoms with Gasteiger partial charge < -0.3 is 31.1 Å². The highest BCUT2D eigenvalue weighted by molar-refractivity contribution is 6.01. The number of carbonyl (C=O) groups excluding carboxylic acids is 2. The Kier molecular flexibility index (Phi) is 10.4. The van der Waals surface area contributed by atoms with Gasteiger partial charge in [-0.05, 0) is 42.3 Å². The Labute approximate surface area is 235 Å². The molecule has 2 aromatic carbocycles. The van der Waals surface area contributed by atoms with Crippen molar-refractivity contribution in [2.75, 3.05) is 29.9 Å². The SMILES string of the molecule is O=C(O)C(F)(F)F.O=C(O)CC(NC(=O)C1CC(=O)N(c2cccc(NC3=NCCCN3)c2)C1)c1cc(F)cc(F)c1. The van der Waals surface area contributed by atoms with Crippen molar-refractivity contribution >= 4 is 41.1 Å². The van der Waals surface area contributed by atoms with Gasteiger partial charge in [0.25, 0.3) is 0 Å². The van der Waals surface area contributed by atoms with Crippen molar-refractivity contribution in [1.82, 2.24) is 10.6 Å². The number of amides is 2. The van der Waals surface area contributed by atoms with Gasteiger partial charge in [-0.25, -0.2) is 13.6 Å². The number of hydrogen-bond donors (Lipinski definition) is 5.